The molecular weight excluding hydrogens is 340 g/mol. The minimum absolute atomic E-state index is 0.238. The molecule has 4 rings (SSSR count). The second kappa shape index (κ2) is 7.25. The molecule has 7 nitrogen and oxygen atoms in total. The van der Waals surface area contributed by atoms with E-state index in [1.165, 1.54) is 6.33 Å². The Morgan fingerprint density at radius 3 is 2.59 bits per heavy atom. The van der Waals surface area contributed by atoms with E-state index in [1.807, 2.05) is 49.4 Å². The first-order valence-corrected chi connectivity index (χ1v) is 8.54. The van der Waals surface area contributed by atoms with Gasteiger partial charge in [-0.15, -0.1) is 0 Å². The van der Waals surface area contributed by atoms with Crippen LogP contribution in [0.4, 0.5) is 5.82 Å². The van der Waals surface area contributed by atoms with Gasteiger partial charge < -0.3 is 0 Å². The molecule has 0 fully saturated rings. The lowest BCUT2D eigenvalue weighted by molar-refractivity contribution is 0.0962. The number of aryl methyl sites for hydroxylation is 1. The van der Waals surface area contributed by atoms with Gasteiger partial charge in [-0.2, -0.15) is 5.10 Å². The molecule has 0 unspecified atom stereocenters. The summed E-state index contributed by atoms with van der Waals surface area (Å²) in [6, 6.07) is 17.4. The van der Waals surface area contributed by atoms with Gasteiger partial charge in [0.05, 0.1) is 18.1 Å². The van der Waals surface area contributed by atoms with Crippen molar-refractivity contribution in [1.29, 1.82) is 0 Å². The van der Waals surface area contributed by atoms with Crippen LogP contribution in [0.2, 0.25) is 0 Å². The zero-order valence-electron chi connectivity index (χ0n) is 14.8. The first-order chi connectivity index (χ1) is 13.2. The highest BCUT2D eigenvalue weighted by Crippen LogP contribution is 2.19. The second-order valence-corrected chi connectivity index (χ2v) is 6.19. The van der Waals surface area contributed by atoms with E-state index in [1.54, 1.807) is 23.0 Å². The van der Waals surface area contributed by atoms with Crippen molar-refractivity contribution < 1.29 is 4.79 Å². The van der Waals surface area contributed by atoms with Crippen LogP contribution in [0.15, 0.2) is 67.1 Å². The summed E-state index contributed by atoms with van der Waals surface area (Å²) in [7, 11) is 0. The van der Waals surface area contributed by atoms with Crippen LogP contribution in [0.5, 0.6) is 0 Å². The summed E-state index contributed by atoms with van der Waals surface area (Å²) in [6.07, 6.45) is 3.14. The number of hydrogen-bond donors (Lipinski definition) is 2. The molecule has 2 aromatic carbocycles. The Hall–Kier alpha value is -3.74. The minimum atomic E-state index is -0.238. The van der Waals surface area contributed by atoms with Gasteiger partial charge in [0, 0.05) is 5.56 Å². The molecule has 2 heterocycles. The molecule has 2 aromatic heterocycles. The molecule has 7 heteroatoms. The fourth-order valence-electron chi connectivity index (χ4n) is 2.76. The van der Waals surface area contributed by atoms with Gasteiger partial charge in [-0.1, -0.05) is 48.0 Å². The summed E-state index contributed by atoms with van der Waals surface area (Å²) in [6.45, 7) is 2.58. The van der Waals surface area contributed by atoms with Gasteiger partial charge in [-0.05, 0) is 24.6 Å². The zero-order chi connectivity index (χ0) is 18.6. The molecule has 0 radical (unpaired) electrons. The fourth-order valence-corrected chi connectivity index (χ4v) is 2.76. The lowest BCUT2D eigenvalue weighted by Crippen LogP contribution is -2.29. The van der Waals surface area contributed by atoms with Crippen molar-refractivity contribution in [3.05, 3.63) is 83.8 Å². The van der Waals surface area contributed by atoms with E-state index in [0.29, 0.717) is 23.6 Å². The number of carbonyl (C=O) groups is 1. The molecule has 2 N–H and O–H groups in total. The Balaban J connectivity index is 1.52. The van der Waals surface area contributed by atoms with Gasteiger partial charge in [-0.25, -0.2) is 14.6 Å². The Morgan fingerprint density at radius 1 is 1.04 bits per heavy atom. The van der Waals surface area contributed by atoms with Gasteiger partial charge in [0.1, 0.15) is 6.33 Å². The highest BCUT2D eigenvalue weighted by molar-refractivity contribution is 5.96. The maximum absolute atomic E-state index is 12.3. The van der Waals surface area contributed by atoms with Crippen LogP contribution in [-0.2, 0) is 6.54 Å². The van der Waals surface area contributed by atoms with E-state index in [0.717, 1.165) is 16.5 Å². The molecule has 4 aromatic rings. The number of hydrazine groups is 1. The van der Waals surface area contributed by atoms with Crippen LogP contribution < -0.4 is 10.9 Å². The van der Waals surface area contributed by atoms with Crippen molar-refractivity contribution in [2.24, 2.45) is 0 Å². The molecule has 0 aliphatic carbocycles. The van der Waals surface area contributed by atoms with E-state index >= 15 is 0 Å². The standard InChI is InChI=1S/C20H18N6O/c1-14-7-9-16(10-8-14)20(27)25-24-18-17-11-23-26(19(17)22-13-21-18)12-15-5-3-2-4-6-15/h2-11,13H,12H2,1H3,(H,25,27)(H,21,22,24). The molecule has 0 bridgehead atoms. The van der Waals surface area contributed by atoms with Crippen LogP contribution in [0.3, 0.4) is 0 Å². The molecule has 0 saturated carbocycles. The van der Waals surface area contributed by atoms with Crippen LogP contribution in [0.25, 0.3) is 11.0 Å². The summed E-state index contributed by atoms with van der Waals surface area (Å²) >= 11 is 0. The third kappa shape index (κ3) is 3.62. The van der Waals surface area contributed by atoms with Gasteiger partial charge >= 0.3 is 0 Å². The highest BCUT2D eigenvalue weighted by atomic mass is 16.2. The van der Waals surface area contributed by atoms with Gasteiger partial charge in [0.15, 0.2) is 11.5 Å². The number of hydrogen-bond acceptors (Lipinski definition) is 5. The topological polar surface area (TPSA) is 84.7 Å². The van der Waals surface area contributed by atoms with Gasteiger partial charge in [-0.3, -0.25) is 15.6 Å². The molecule has 0 aliphatic heterocycles. The van der Waals surface area contributed by atoms with E-state index in [4.69, 9.17) is 0 Å². The molecule has 0 atom stereocenters. The summed E-state index contributed by atoms with van der Waals surface area (Å²) in [4.78, 5) is 20.8. The zero-order valence-corrected chi connectivity index (χ0v) is 14.8. The van der Waals surface area contributed by atoms with Crippen molar-refractivity contribution in [2.75, 3.05) is 5.43 Å². The van der Waals surface area contributed by atoms with Crippen molar-refractivity contribution in [3.63, 3.8) is 0 Å². The summed E-state index contributed by atoms with van der Waals surface area (Å²) in [5, 5.41) is 5.14. The monoisotopic (exact) mass is 358 g/mol. The third-order valence-corrected chi connectivity index (χ3v) is 4.22. The third-order valence-electron chi connectivity index (χ3n) is 4.22. The molecule has 0 aliphatic rings. The quantitative estimate of drug-likeness (QED) is 0.536. The van der Waals surface area contributed by atoms with Crippen LogP contribution >= 0.6 is 0 Å². The predicted molar refractivity (Wildman–Crippen MR) is 103 cm³/mol. The first-order valence-electron chi connectivity index (χ1n) is 8.54. The summed E-state index contributed by atoms with van der Waals surface area (Å²) in [5.41, 5.74) is 9.03. The molecule has 1 amide bonds. The fraction of sp³-hybridized carbons (Fsp3) is 0.100. The maximum Gasteiger partial charge on any atom is 0.269 e. The molecular formula is C20H18N6O. The van der Waals surface area contributed by atoms with E-state index in [-0.39, 0.29) is 5.91 Å². The number of fused-ring (bicyclic) bond motifs is 1. The van der Waals surface area contributed by atoms with Crippen molar-refractivity contribution in [3.8, 4) is 0 Å². The number of benzene rings is 2. The SMILES string of the molecule is Cc1ccc(C(=O)NNc2ncnc3c2cnn3Cc2ccccc2)cc1. The Kier molecular flexibility index (Phi) is 4.49. The van der Waals surface area contributed by atoms with E-state index in [9.17, 15) is 4.79 Å². The largest absolute Gasteiger partial charge is 0.281 e. The lowest BCUT2D eigenvalue weighted by atomic mass is 10.1. The molecule has 0 saturated heterocycles. The molecule has 27 heavy (non-hydrogen) atoms. The second-order valence-electron chi connectivity index (χ2n) is 6.19. The van der Waals surface area contributed by atoms with E-state index < -0.39 is 0 Å². The maximum atomic E-state index is 12.3. The first kappa shape index (κ1) is 16.7. The Labute approximate surface area is 156 Å². The average Bonchev–Trinajstić information content (AvgIpc) is 3.11. The number of amides is 1. The van der Waals surface area contributed by atoms with E-state index in [2.05, 4.69) is 25.9 Å². The van der Waals surface area contributed by atoms with Crippen LogP contribution in [0.1, 0.15) is 21.5 Å². The minimum Gasteiger partial charge on any atom is -0.281 e. The van der Waals surface area contributed by atoms with Crippen LogP contribution in [-0.4, -0.2) is 25.7 Å². The average molecular weight is 358 g/mol. The van der Waals surface area contributed by atoms with Gasteiger partial charge in [0.2, 0.25) is 0 Å². The van der Waals surface area contributed by atoms with Gasteiger partial charge in [0.25, 0.3) is 5.91 Å². The number of carbonyl (C=O) groups excluding carboxylic acids is 1. The molecule has 134 valence electrons. The van der Waals surface area contributed by atoms with Crippen molar-refractivity contribution >= 4 is 22.8 Å². The number of rotatable bonds is 5. The van der Waals surface area contributed by atoms with Crippen LogP contribution in [0, 0.1) is 6.92 Å². The highest BCUT2D eigenvalue weighted by Gasteiger charge is 2.11. The molecule has 0 spiro atoms. The normalized spacial score (nSPS) is 10.7. The lowest BCUT2D eigenvalue weighted by Gasteiger charge is -2.09. The smallest absolute Gasteiger partial charge is 0.269 e. The Morgan fingerprint density at radius 2 is 1.81 bits per heavy atom. The predicted octanol–water partition coefficient (Wildman–Crippen LogP) is 2.94. The number of anilines is 1. The summed E-state index contributed by atoms with van der Waals surface area (Å²) < 4.78 is 1.80. The van der Waals surface area contributed by atoms with Crippen molar-refractivity contribution in [1.82, 2.24) is 25.2 Å². The van der Waals surface area contributed by atoms with Crippen molar-refractivity contribution in [2.45, 2.75) is 13.5 Å². The number of nitrogens with one attached hydrogen (secondary N) is 2. The number of aromatic nitrogens is 4. The summed E-state index contributed by atoms with van der Waals surface area (Å²) in [5.74, 6) is 0.262. The number of nitrogens with zero attached hydrogens (tertiary/aromatic N) is 4. The Bertz CT molecular complexity index is 1070.